The van der Waals surface area contributed by atoms with Gasteiger partial charge in [0.25, 0.3) is 0 Å². The van der Waals surface area contributed by atoms with E-state index in [1.807, 2.05) is 0 Å². The summed E-state index contributed by atoms with van der Waals surface area (Å²) in [5.41, 5.74) is 0.461. The standard InChI is InChI=1S/C17H15F3N4O/c1-9(2)14(25)12-8-21-5-4-11(12)15-23-13-6-10(17(18,19)20)7-22-16(13)24(15)3/h4-9H,1-3H3. The third-order valence-electron chi connectivity index (χ3n) is 3.89. The molecule has 3 aromatic heterocycles. The number of carbonyl (C=O) groups is 1. The van der Waals surface area contributed by atoms with Crippen LogP contribution in [0.15, 0.2) is 30.7 Å². The van der Waals surface area contributed by atoms with E-state index in [9.17, 15) is 18.0 Å². The number of rotatable bonds is 3. The third kappa shape index (κ3) is 2.99. The molecule has 0 aliphatic heterocycles. The number of imidazole rings is 1. The highest BCUT2D eigenvalue weighted by Gasteiger charge is 2.32. The number of nitrogens with zero attached hydrogens (tertiary/aromatic N) is 4. The fraction of sp³-hybridized carbons (Fsp3) is 0.294. The van der Waals surface area contributed by atoms with Crippen molar-refractivity contribution in [1.29, 1.82) is 0 Å². The number of halogens is 3. The van der Waals surface area contributed by atoms with Gasteiger partial charge >= 0.3 is 6.18 Å². The molecule has 0 spiro atoms. The van der Waals surface area contributed by atoms with E-state index >= 15 is 0 Å². The van der Waals surface area contributed by atoms with Crippen LogP contribution in [0.3, 0.4) is 0 Å². The van der Waals surface area contributed by atoms with E-state index in [1.54, 1.807) is 31.5 Å². The molecule has 0 radical (unpaired) electrons. The fourth-order valence-electron chi connectivity index (χ4n) is 2.57. The normalized spacial score (nSPS) is 12.1. The Balaban J connectivity index is 2.21. The molecular weight excluding hydrogens is 333 g/mol. The predicted octanol–water partition coefficient (Wildman–Crippen LogP) is 3.89. The molecular formula is C17H15F3N4O. The Bertz CT molecular complexity index is 960. The van der Waals surface area contributed by atoms with Crippen LogP contribution in [0.1, 0.15) is 29.8 Å². The number of Topliss-reactive ketones (excluding diaryl/α,β-unsaturated/α-hetero) is 1. The molecule has 0 N–H and O–H groups in total. The zero-order valence-corrected chi connectivity index (χ0v) is 13.8. The molecule has 0 atom stereocenters. The molecule has 0 amide bonds. The van der Waals surface area contributed by atoms with Gasteiger partial charge in [-0.2, -0.15) is 13.2 Å². The van der Waals surface area contributed by atoms with Crippen molar-refractivity contribution in [3.63, 3.8) is 0 Å². The monoisotopic (exact) mass is 348 g/mol. The zero-order chi connectivity index (χ0) is 18.4. The summed E-state index contributed by atoms with van der Waals surface area (Å²) < 4.78 is 40.2. The molecule has 3 aromatic rings. The SMILES string of the molecule is CC(C)C(=O)c1cnccc1-c1nc2cc(C(F)(F)F)cnc2n1C. The zero-order valence-electron chi connectivity index (χ0n) is 13.8. The number of hydrogen-bond acceptors (Lipinski definition) is 4. The Kier molecular flexibility index (Phi) is 4.06. The molecule has 5 nitrogen and oxygen atoms in total. The summed E-state index contributed by atoms with van der Waals surface area (Å²) in [6, 6.07) is 2.58. The van der Waals surface area contributed by atoms with E-state index in [2.05, 4.69) is 15.0 Å². The van der Waals surface area contributed by atoms with Crippen LogP contribution >= 0.6 is 0 Å². The van der Waals surface area contributed by atoms with Gasteiger partial charge < -0.3 is 4.57 Å². The Morgan fingerprint density at radius 1 is 1.24 bits per heavy atom. The molecule has 8 heteroatoms. The highest BCUT2D eigenvalue weighted by molar-refractivity contribution is 6.02. The molecule has 0 bridgehead atoms. The van der Waals surface area contributed by atoms with Gasteiger partial charge in [0.05, 0.1) is 5.56 Å². The Morgan fingerprint density at radius 3 is 2.60 bits per heavy atom. The Labute approximate surface area is 141 Å². The Morgan fingerprint density at radius 2 is 1.96 bits per heavy atom. The number of alkyl halides is 3. The number of pyridine rings is 2. The van der Waals surface area contributed by atoms with E-state index in [-0.39, 0.29) is 17.2 Å². The van der Waals surface area contributed by atoms with Gasteiger partial charge in [-0.05, 0) is 12.1 Å². The van der Waals surface area contributed by atoms with E-state index in [4.69, 9.17) is 0 Å². The molecule has 0 fully saturated rings. The lowest BCUT2D eigenvalue weighted by atomic mass is 9.98. The van der Waals surface area contributed by atoms with Crippen LogP contribution in [0.4, 0.5) is 13.2 Å². The van der Waals surface area contributed by atoms with Crippen LogP contribution in [-0.4, -0.2) is 25.3 Å². The molecule has 0 saturated carbocycles. The van der Waals surface area contributed by atoms with Crippen molar-refractivity contribution < 1.29 is 18.0 Å². The van der Waals surface area contributed by atoms with Crippen molar-refractivity contribution >= 4 is 16.9 Å². The van der Waals surface area contributed by atoms with Crippen LogP contribution in [-0.2, 0) is 13.2 Å². The first-order valence-electron chi connectivity index (χ1n) is 7.58. The maximum atomic E-state index is 12.9. The van der Waals surface area contributed by atoms with Crippen molar-refractivity contribution in [3.8, 4) is 11.4 Å². The van der Waals surface area contributed by atoms with Crippen LogP contribution in [0.25, 0.3) is 22.6 Å². The van der Waals surface area contributed by atoms with Gasteiger partial charge in [-0.3, -0.25) is 9.78 Å². The number of carbonyl (C=O) groups excluding carboxylic acids is 1. The van der Waals surface area contributed by atoms with Crippen LogP contribution in [0.2, 0.25) is 0 Å². The smallest absolute Gasteiger partial charge is 0.312 e. The second kappa shape index (κ2) is 5.94. The lowest BCUT2D eigenvalue weighted by Gasteiger charge is -2.10. The van der Waals surface area contributed by atoms with Crippen LogP contribution < -0.4 is 0 Å². The van der Waals surface area contributed by atoms with Gasteiger partial charge in [-0.1, -0.05) is 13.8 Å². The molecule has 0 aliphatic carbocycles. The largest absolute Gasteiger partial charge is 0.417 e. The minimum Gasteiger partial charge on any atom is -0.312 e. The lowest BCUT2D eigenvalue weighted by molar-refractivity contribution is -0.137. The lowest BCUT2D eigenvalue weighted by Crippen LogP contribution is -2.10. The summed E-state index contributed by atoms with van der Waals surface area (Å²) in [6.45, 7) is 3.54. The van der Waals surface area contributed by atoms with Crippen molar-refractivity contribution in [3.05, 3.63) is 41.9 Å². The topological polar surface area (TPSA) is 60.7 Å². The average molecular weight is 348 g/mol. The maximum Gasteiger partial charge on any atom is 0.417 e. The van der Waals surface area contributed by atoms with Crippen LogP contribution in [0.5, 0.6) is 0 Å². The summed E-state index contributed by atoms with van der Waals surface area (Å²) >= 11 is 0. The first kappa shape index (κ1) is 17.1. The molecule has 3 rings (SSSR count). The highest BCUT2D eigenvalue weighted by atomic mass is 19.4. The molecule has 0 unspecified atom stereocenters. The summed E-state index contributed by atoms with van der Waals surface area (Å²) in [5.74, 6) is 0.0138. The summed E-state index contributed by atoms with van der Waals surface area (Å²) in [7, 11) is 1.65. The number of ketones is 1. The maximum absolute atomic E-state index is 12.9. The van der Waals surface area contributed by atoms with E-state index in [1.165, 1.54) is 12.4 Å². The fourth-order valence-corrected chi connectivity index (χ4v) is 2.57. The van der Waals surface area contributed by atoms with Gasteiger partial charge in [-0.15, -0.1) is 0 Å². The van der Waals surface area contributed by atoms with E-state index < -0.39 is 11.7 Å². The van der Waals surface area contributed by atoms with Gasteiger partial charge in [-0.25, -0.2) is 9.97 Å². The second-order valence-electron chi connectivity index (χ2n) is 6.00. The van der Waals surface area contributed by atoms with Gasteiger partial charge in [0.1, 0.15) is 11.3 Å². The number of fused-ring (bicyclic) bond motifs is 1. The molecule has 25 heavy (non-hydrogen) atoms. The molecule has 0 aromatic carbocycles. The molecule has 0 aliphatic rings. The molecule has 130 valence electrons. The molecule has 3 heterocycles. The first-order chi connectivity index (χ1) is 11.7. The van der Waals surface area contributed by atoms with Crippen molar-refractivity contribution in [1.82, 2.24) is 19.5 Å². The summed E-state index contributed by atoms with van der Waals surface area (Å²) in [5, 5.41) is 0. The van der Waals surface area contributed by atoms with Crippen molar-refractivity contribution in [2.24, 2.45) is 13.0 Å². The number of hydrogen-bond donors (Lipinski definition) is 0. The average Bonchev–Trinajstić information content (AvgIpc) is 2.89. The van der Waals surface area contributed by atoms with Crippen LogP contribution in [0, 0.1) is 5.92 Å². The minimum absolute atomic E-state index is 0.112. The second-order valence-corrected chi connectivity index (χ2v) is 6.00. The highest BCUT2D eigenvalue weighted by Crippen LogP contribution is 2.32. The van der Waals surface area contributed by atoms with Crippen molar-refractivity contribution in [2.75, 3.05) is 0 Å². The van der Waals surface area contributed by atoms with Crippen molar-refractivity contribution in [2.45, 2.75) is 20.0 Å². The number of aromatic nitrogens is 4. The van der Waals surface area contributed by atoms with E-state index in [0.29, 0.717) is 22.6 Å². The first-order valence-corrected chi connectivity index (χ1v) is 7.58. The van der Waals surface area contributed by atoms with E-state index in [0.717, 1.165) is 12.3 Å². The minimum atomic E-state index is -4.49. The summed E-state index contributed by atoms with van der Waals surface area (Å²) in [4.78, 5) is 24.6. The molecule has 0 saturated heterocycles. The Hall–Kier alpha value is -2.77. The summed E-state index contributed by atoms with van der Waals surface area (Å²) in [6.07, 6.45) is -0.749. The number of aryl methyl sites for hydroxylation is 1. The quantitative estimate of drug-likeness (QED) is 0.674. The van der Waals surface area contributed by atoms with Gasteiger partial charge in [0.15, 0.2) is 11.4 Å². The van der Waals surface area contributed by atoms with Gasteiger partial charge in [0, 0.05) is 42.7 Å². The van der Waals surface area contributed by atoms with Gasteiger partial charge in [0.2, 0.25) is 0 Å². The third-order valence-corrected chi connectivity index (χ3v) is 3.89. The predicted molar refractivity (Wildman–Crippen MR) is 85.9 cm³/mol.